The average molecular weight is 422 g/mol. The van der Waals surface area contributed by atoms with Gasteiger partial charge in [-0.15, -0.1) is 0 Å². The van der Waals surface area contributed by atoms with Gasteiger partial charge in [0.2, 0.25) is 0 Å². The molecule has 6 rings (SSSR count). The predicted molar refractivity (Wildman–Crippen MR) is 122 cm³/mol. The number of benzene rings is 3. The van der Waals surface area contributed by atoms with Crippen LogP contribution in [0, 0.1) is 23.7 Å². The number of imide groups is 1. The van der Waals surface area contributed by atoms with E-state index in [4.69, 9.17) is 4.74 Å². The van der Waals surface area contributed by atoms with Crippen LogP contribution in [0.5, 0.6) is 5.75 Å². The lowest BCUT2D eigenvalue weighted by atomic mass is 9.85. The highest BCUT2D eigenvalue weighted by Crippen LogP contribution is 2.52. The van der Waals surface area contributed by atoms with Crippen molar-refractivity contribution in [1.82, 2.24) is 5.01 Å². The summed E-state index contributed by atoms with van der Waals surface area (Å²) >= 11 is 0. The smallest absolute Gasteiger partial charge is 0.254 e. The number of ether oxygens (including phenoxy) is 1. The molecule has 32 heavy (non-hydrogen) atoms. The number of rotatable bonds is 5. The van der Waals surface area contributed by atoms with Crippen molar-refractivity contribution in [2.45, 2.75) is 13.0 Å². The van der Waals surface area contributed by atoms with Gasteiger partial charge in [-0.1, -0.05) is 66.7 Å². The summed E-state index contributed by atoms with van der Waals surface area (Å²) in [4.78, 5) is 25.7. The molecule has 3 aromatic carbocycles. The summed E-state index contributed by atoms with van der Waals surface area (Å²) in [6, 6.07) is 21.9. The molecule has 2 aliphatic carbocycles. The molecule has 1 saturated carbocycles. The molecule has 158 valence electrons. The SMILES string of the molecule is O=C1[C@@H]2[C@@H](C(=O)N1/N=C\c1ccccc1OCc1cccc3ccccc13)[C@H]1C=C[C@@H]2C1. The van der Waals surface area contributed by atoms with Crippen LogP contribution < -0.4 is 4.74 Å². The summed E-state index contributed by atoms with van der Waals surface area (Å²) in [6.45, 7) is 0.410. The van der Waals surface area contributed by atoms with E-state index in [1.165, 1.54) is 5.39 Å². The van der Waals surface area contributed by atoms with E-state index in [1.807, 2.05) is 42.5 Å². The van der Waals surface area contributed by atoms with E-state index >= 15 is 0 Å². The number of hydrogen-bond acceptors (Lipinski definition) is 4. The van der Waals surface area contributed by atoms with Gasteiger partial charge in [0.25, 0.3) is 11.8 Å². The maximum atomic E-state index is 12.9. The van der Waals surface area contributed by atoms with Gasteiger partial charge >= 0.3 is 0 Å². The van der Waals surface area contributed by atoms with Crippen molar-refractivity contribution in [2.75, 3.05) is 0 Å². The highest BCUT2D eigenvalue weighted by atomic mass is 16.5. The molecule has 0 unspecified atom stereocenters. The third-order valence-electron chi connectivity index (χ3n) is 6.94. The Bertz CT molecular complexity index is 1260. The zero-order valence-electron chi connectivity index (χ0n) is 17.4. The molecule has 0 N–H and O–H groups in total. The fourth-order valence-corrected chi connectivity index (χ4v) is 5.41. The molecule has 2 amide bonds. The largest absolute Gasteiger partial charge is 0.488 e. The standard InChI is InChI=1S/C27H22N2O3/c30-26-24-18-12-13-19(14-18)25(24)27(31)29(26)28-15-20-7-2-4-11-23(20)32-16-21-9-5-8-17-6-1-3-10-22(17)21/h1-13,15,18-19,24-25H,14,16H2/b28-15-/t18-,19+,24-,25-/m0/s1. The van der Waals surface area contributed by atoms with Crippen LogP contribution in [-0.2, 0) is 16.2 Å². The number of nitrogens with zero attached hydrogens (tertiary/aromatic N) is 2. The number of fused-ring (bicyclic) bond motifs is 6. The molecule has 3 aromatic rings. The van der Waals surface area contributed by atoms with E-state index in [1.54, 1.807) is 6.21 Å². The monoisotopic (exact) mass is 422 g/mol. The summed E-state index contributed by atoms with van der Waals surface area (Å²) < 4.78 is 6.13. The Morgan fingerprint density at radius 3 is 2.38 bits per heavy atom. The summed E-state index contributed by atoms with van der Waals surface area (Å²) in [5, 5.41) is 7.70. The molecule has 1 heterocycles. The number of carbonyl (C=O) groups is 2. The molecule has 1 saturated heterocycles. The van der Waals surface area contributed by atoms with Crippen LogP contribution in [0.15, 0.2) is 84.0 Å². The minimum absolute atomic E-state index is 0.178. The van der Waals surface area contributed by atoms with E-state index in [0.29, 0.717) is 12.4 Å². The number of para-hydroxylation sites is 1. The Morgan fingerprint density at radius 2 is 1.56 bits per heavy atom. The topological polar surface area (TPSA) is 59.0 Å². The van der Waals surface area contributed by atoms with Gasteiger partial charge < -0.3 is 4.74 Å². The first-order chi connectivity index (χ1) is 15.7. The van der Waals surface area contributed by atoms with Gasteiger partial charge in [0, 0.05) is 5.56 Å². The van der Waals surface area contributed by atoms with Crippen molar-refractivity contribution < 1.29 is 14.3 Å². The van der Waals surface area contributed by atoms with E-state index in [9.17, 15) is 9.59 Å². The molecule has 4 atom stereocenters. The summed E-state index contributed by atoms with van der Waals surface area (Å²) in [5.41, 5.74) is 1.82. The van der Waals surface area contributed by atoms with Crippen molar-refractivity contribution in [2.24, 2.45) is 28.8 Å². The molecule has 2 bridgehead atoms. The molecule has 1 aliphatic heterocycles. The van der Waals surface area contributed by atoms with Gasteiger partial charge in [0.05, 0.1) is 18.1 Å². The van der Waals surface area contributed by atoms with Gasteiger partial charge in [0.1, 0.15) is 12.4 Å². The van der Waals surface area contributed by atoms with Crippen molar-refractivity contribution in [3.05, 3.63) is 90.0 Å². The first-order valence-electron chi connectivity index (χ1n) is 11.0. The maximum absolute atomic E-state index is 12.9. The molecule has 0 aromatic heterocycles. The summed E-state index contributed by atoms with van der Waals surface area (Å²) in [7, 11) is 0. The van der Waals surface area contributed by atoms with E-state index in [-0.39, 0.29) is 35.5 Å². The van der Waals surface area contributed by atoms with Crippen molar-refractivity contribution >= 4 is 28.8 Å². The molecule has 0 spiro atoms. The van der Waals surface area contributed by atoms with Crippen molar-refractivity contribution in [3.63, 3.8) is 0 Å². The average Bonchev–Trinajstić information content (AvgIpc) is 3.51. The number of allylic oxidation sites excluding steroid dienone is 2. The van der Waals surface area contributed by atoms with Crippen LogP contribution in [0.4, 0.5) is 0 Å². The predicted octanol–water partition coefficient (Wildman–Crippen LogP) is 4.56. The first-order valence-corrected chi connectivity index (χ1v) is 11.0. The fraction of sp³-hybridized carbons (Fsp3) is 0.222. The highest BCUT2D eigenvalue weighted by molar-refractivity contribution is 6.06. The van der Waals surface area contributed by atoms with Gasteiger partial charge in [-0.2, -0.15) is 10.1 Å². The second kappa shape index (κ2) is 7.45. The second-order valence-corrected chi connectivity index (χ2v) is 8.70. The van der Waals surface area contributed by atoms with Gasteiger partial charge in [-0.05, 0) is 46.7 Å². The summed E-state index contributed by atoms with van der Waals surface area (Å²) in [5.74, 6) is 0.172. The van der Waals surface area contributed by atoms with Crippen molar-refractivity contribution in [1.29, 1.82) is 0 Å². The van der Waals surface area contributed by atoms with Crippen LogP contribution >= 0.6 is 0 Å². The fourth-order valence-electron chi connectivity index (χ4n) is 5.41. The number of amides is 2. The minimum Gasteiger partial charge on any atom is -0.488 e. The molecule has 5 heteroatoms. The van der Waals surface area contributed by atoms with Gasteiger partial charge in [-0.3, -0.25) is 9.59 Å². The lowest BCUT2D eigenvalue weighted by Gasteiger charge is -2.13. The third-order valence-corrected chi connectivity index (χ3v) is 6.94. The molecular weight excluding hydrogens is 400 g/mol. The lowest BCUT2D eigenvalue weighted by Crippen LogP contribution is -2.28. The van der Waals surface area contributed by atoms with Crippen LogP contribution in [0.1, 0.15) is 17.5 Å². The van der Waals surface area contributed by atoms with Gasteiger partial charge in [0.15, 0.2) is 0 Å². The van der Waals surface area contributed by atoms with E-state index in [2.05, 4.69) is 41.5 Å². The third kappa shape index (κ3) is 2.96. The zero-order valence-corrected chi connectivity index (χ0v) is 17.4. The Balaban J connectivity index is 1.22. The Hall–Kier alpha value is -3.73. The quantitative estimate of drug-likeness (QED) is 0.344. The molecule has 5 nitrogen and oxygen atoms in total. The lowest BCUT2D eigenvalue weighted by molar-refractivity contribution is -0.140. The molecule has 0 radical (unpaired) electrons. The Morgan fingerprint density at radius 1 is 0.875 bits per heavy atom. The van der Waals surface area contributed by atoms with E-state index < -0.39 is 0 Å². The van der Waals surface area contributed by atoms with Crippen LogP contribution in [0.25, 0.3) is 10.8 Å². The zero-order chi connectivity index (χ0) is 21.7. The normalized spacial score (nSPS) is 25.9. The maximum Gasteiger partial charge on any atom is 0.254 e. The van der Waals surface area contributed by atoms with Crippen molar-refractivity contribution in [3.8, 4) is 5.75 Å². The Kier molecular flexibility index (Phi) is 4.42. The first kappa shape index (κ1) is 19.0. The van der Waals surface area contributed by atoms with Crippen LogP contribution in [0.3, 0.4) is 0 Å². The molecule has 3 aliphatic rings. The number of hydrogen-bond donors (Lipinski definition) is 0. The number of hydrazone groups is 1. The van der Waals surface area contributed by atoms with E-state index in [0.717, 1.165) is 27.9 Å². The summed E-state index contributed by atoms with van der Waals surface area (Å²) in [6.07, 6.45) is 6.64. The number of carbonyl (C=O) groups excluding carboxylic acids is 2. The highest BCUT2D eigenvalue weighted by Gasteiger charge is 2.59. The molecular formula is C27H22N2O3. The van der Waals surface area contributed by atoms with Gasteiger partial charge in [-0.25, -0.2) is 0 Å². The second-order valence-electron chi connectivity index (χ2n) is 8.70. The van der Waals surface area contributed by atoms with Crippen LogP contribution in [0.2, 0.25) is 0 Å². The minimum atomic E-state index is -0.243. The van der Waals surface area contributed by atoms with Crippen LogP contribution in [-0.4, -0.2) is 23.0 Å². The molecule has 2 fully saturated rings. The Labute approximate surface area is 186 Å².